The van der Waals surface area contributed by atoms with E-state index in [0.717, 1.165) is 5.92 Å². The quantitative estimate of drug-likeness (QED) is 0.743. The number of phenolic OH excluding ortho intramolecular Hbond substituents is 1. The van der Waals surface area contributed by atoms with Gasteiger partial charge in [0.1, 0.15) is 5.75 Å². The van der Waals surface area contributed by atoms with Crippen molar-refractivity contribution in [2.75, 3.05) is 0 Å². The summed E-state index contributed by atoms with van der Waals surface area (Å²) in [5.41, 5.74) is 0. The maximum Gasteiger partial charge on any atom is 0.117 e. The molecule has 0 spiro atoms. The molecule has 1 N–H and O–H groups in total. The van der Waals surface area contributed by atoms with Crippen LogP contribution in [0.4, 0.5) is 0 Å². The molecule has 2 heteroatoms. The van der Waals surface area contributed by atoms with E-state index in [1.54, 1.807) is 6.07 Å². The van der Waals surface area contributed by atoms with Crippen molar-refractivity contribution < 1.29 is 5.11 Å². The fraction of sp³-hybridized carbons (Fsp3) is 0.500. The van der Waals surface area contributed by atoms with Crippen molar-refractivity contribution in [3.8, 4) is 5.75 Å². The van der Waals surface area contributed by atoms with Crippen LogP contribution in [0.2, 0.25) is 0 Å². The SMILES string of the molecule is Oc1ccc2cc(CC3CCCCCC3)sc2c1. The number of fused-ring (bicyclic) bond motifs is 1. The molecule has 0 bridgehead atoms. The van der Waals surface area contributed by atoms with E-state index in [2.05, 4.69) is 6.07 Å². The molecule has 1 aromatic carbocycles. The molecule has 0 amide bonds. The minimum Gasteiger partial charge on any atom is -0.508 e. The fourth-order valence-electron chi connectivity index (χ4n) is 3.03. The Hall–Kier alpha value is -1.02. The van der Waals surface area contributed by atoms with Gasteiger partial charge in [-0.2, -0.15) is 0 Å². The lowest BCUT2D eigenvalue weighted by Crippen LogP contribution is -2.01. The first-order chi connectivity index (χ1) is 8.81. The van der Waals surface area contributed by atoms with Gasteiger partial charge in [-0.05, 0) is 42.0 Å². The predicted octanol–water partition coefficient (Wildman–Crippen LogP) is 5.12. The third kappa shape index (κ3) is 2.69. The molecule has 18 heavy (non-hydrogen) atoms. The van der Waals surface area contributed by atoms with Crippen LogP contribution in [0.1, 0.15) is 43.4 Å². The molecule has 1 aliphatic carbocycles. The molecule has 1 nitrogen and oxygen atoms in total. The van der Waals surface area contributed by atoms with E-state index in [1.807, 2.05) is 23.5 Å². The van der Waals surface area contributed by atoms with Gasteiger partial charge in [0.2, 0.25) is 0 Å². The summed E-state index contributed by atoms with van der Waals surface area (Å²) in [7, 11) is 0. The van der Waals surface area contributed by atoms with Crippen molar-refractivity contribution in [1.29, 1.82) is 0 Å². The Morgan fingerprint density at radius 1 is 1.06 bits per heavy atom. The van der Waals surface area contributed by atoms with Gasteiger partial charge in [-0.25, -0.2) is 0 Å². The zero-order chi connectivity index (χ0) is 12.4. The average Bonchev–Trinajstić information content (AvgIpc) is 2.57. The predicted molar refractivity (Wildman–Crippen MR) is 78.4 cm³/mol. The van der Waals surface area contributed by atoms with Gasteiger partial charge >= 0.3 is 0 Å². The van der Waals surface area contributed by atoms with Gasteiger partial charge in [0.25, 0.3) is 0 Å². The van der Waals surface area contributed by atoms with Crippen LogP contribution in [0.3, 0.4) is 0 Å². The number of hydrogen-bond acceptors (Lipinski definition) is 2. The first-order valence-corrected chi connectivity index (χ1v) is 7.84. The second kappa shape index (κ2) is 5.31. The summed E-state index contributed by atoms with van der Waals surface area (Å²) in [6, 6.07) is 8.00. The summed E-state index contributed by atoms with van der Waals surface area (Å²) >= 11 is 1.85. The summed E-state index contributed by atoms with van der Waals surface area (Å²) < 4.78 is 1.22. The van der Waals surface area contributed by atoms with Crippen LogP contribution in [0.5, 0.6) is 5.75 Å². The number of phenols is 1. The highest BCUT2D eigenvalue weighted by Crippen LogP contribution is 2.33. The van der Waals surface area contributed by atoms with E-state index in [0.29, 0.717) is 5.75 Å². The lowest BCUT2D eigenvalue weighted by Gasteiger charge is -2.11. The number of hydrogen-bond donors (Lipinski definition) is 1. The van der Waals surface area contributed by atoms with Gasteiger partial charge < -0.3 is 5.11 Å². The summed E-state index contributed by atoms with van der Waals surface area (Å²) in [6.45, 7) is 0. The zero-order valence-corrected chi connectivity index (χ0v) is 11.5. The van der Waals surface area contributed by atoms with Crippen molar-refractivity contribution in [3.63, 3.8) is 0 Å². The highest BCUT2D eigenvalue weighted by Gasteiger charge is 2.14. The lowest BCUT2D eigenvalue weighted by molar-refractivity contribution is 0.461. The molecule has 0 radical (unpaired) electrons. The highest BCUT2D eigenvalue weighted by atomic mass is 32.1. The maximum absolute atomic E-state index is 9.50. The van der Waals surface area contributed by atoms with E-state index in [-0.39, 0.29) is 0 Å². The first kappa shape index (κ1) is 12.0. The first-order valence-electron chi connectivity index (χ1n) is 7.03. The standard InChI is InChI=1S/C16H20OS/c17-14-8-7-13-10-15(18-16(13)11-14)9-12-5-3-1-2-4-6-12/h7-8,10-12,17H,1-6,9H2. The number of aromatic hydroxyl groups is 1. The Labute approximate surface area is 112 Å². The van der Waals surface area contributed by atoms with Crippen LogP contribution < -0.4 is 0 Å². The van der Waals surface area contributed by atoms with Crippen molar-refractivity contribution in [1.82, 2.24) is 0 Å². The molecule has 1 aromatic heterocycles. The normalized spacial score (nSPS) is 18.0. The molecular weight excluding hydrogens is 240 g/mol. The second-order valence-electron chi connectivity index (χ2n) is 5.50. The van der Waals surface area contributed by atoms with E-state index in [1.165, 1.54) is 59.9 Å². The number of benzene rings is 1. The summed E-state index contributed by atoms with van der Waals surface area (Å²) in [5, 5.41) is 10.8. The summed E-state index contributed by atoms with van der Waals surface area (Å²) in [4.78, 5) is 1.49. The van der Waals surface area contributed by atoms with E-state index in [4.69, 9.17) is 0 Å². The largest absolute Gasteiger partial charge is 0.508 e. The van der Waals surface area contributed by atoms with Crippen molar-refractivity contribution >= 4 is 21.4 Å². The molecule has 2 aromatic rings. The lowest BCUT2D eigenvalue weighted by atomic mass is 9.96. The van der Waals surface area contributed by atoms with Gasteiger partial charge in [0, 0.05) is 9.58 Å². The van der Waals surface area contributed by atoms with Crippen molar-refractivity contribution in [2.24, 2.45) is 5.92 Å². The Kier molecular flexibility index (Phi) is 3.55. The third-order valence-corrected chi connectivity index (χ3v) is 5.14. The molecule has 96 valence electrons. The minimum atomic E-state index is 0.380. The molecule has 0 atom stereocenters. The van der Waals surface area contributed by atoms with E-state index < -0.39 is 0 Å². The van der Waals surface area contributed by atoms with Gasteiger partial charge in [-0.1, -0.05) is 38.5 Å². The van der Waals surface area contributed by atoms with E-state index >= 15 is 0 Å². The van der Waals surface area contributed by atoms with E-state index in [9.17, 15) is 5.11 Å². The molecule has 0 saturated heterocycles. The van der Waals surface area contributed by atoms with Crippen LogP contribution in [-0.2, 0) is 6.42 Å². The topological polar surface area (TPSA) is 20.2 Å². The molecule has 1 fully saturated rings. The molecule has 3 rings (SSSR count). The van der Waals surface area contributed by atoms with Crippen LogP contribution in [0.15, 0.2) is 24.3 Å². The van der Waals surface area contributed by atoms with Crippen LogP contribution in [0, 0.1) is 5.92 Å². The second-order valence-corrected chi connectivity index (χ2v) is 6.66. The van der Waals surface area contributed by atoms with Crippen LogP contribution in [-0.4, -0.2) is 5.11 Å². The minimum absolute atomic E-state index is 0.380. The zero-order valence-electron chi connectivity index (χ0n) is 10.7. The highest BCUT2D eigenvalue weighted by molar-refractivity contribution is 7.19. The Morgan fingerprint density at radius 2 is 1.83 bits per heavy atom. The van der Waals surface area contributed by atoms with Gasteiger partial charge in [-0.3, -0.25) is 0 Å². The molecule has 0 aliphatic heterocycles. The molecule has 0 unspecified atom stereocenters. The molecular formula is C16H20OS. The van der Waals surface area contributed by atoms with Gasteiger partial charge in [-0.15, -0.1) is 11.3 Å². The molecule has 1 heterocycles. The van der Waals surface area contributed by atoms with Crippen molar-refractivity contribution in [2.45, 2.75) is 44.9 Å². The van der Waals surface area contributed by atoms with Crippen LogP contribution >= 0.6 is 11.3 Å². The van der Waals surface area contributed by atoms with Gasteiger partial charge in [0.05, 0.1) is 0 Å². The Bertz CT molecular complexity index is 521. The monoisotopic (exact) mass is 260 g/mol. The summed E-state index contributed by atoms with van der Waals surface area (Å²) in [5.74, 6) is 1.26. The maximum atomic E-state index is 9.50. The number of rotatable bonds is 2. The van der Waals surface area contributed by atoms with Gasteiger partial charge in [0.15, 0.2) is 0 Å². The summed E-state index contributed by atoms with van der Waals surface area (Å²) in [6.07, 6.45) is 9.72. The smallest absolute Gasteiger partial charge is 0.117 e. The van der Waals surface area contributed by atoms with Crippen molar-refractivity contribution in [3.05, 3.63) is 29.1 Å². The Balaban J connectivity index is 1.77. The molecule has 1 saturated carbocycles. The molecule has 1 aliphatic rings. The Morgan fingerprint density at radius 3 is 2.61 bits per heavy atom. The third-order valence-electron chi connectivity index (χ3n) is 4.02. The fourth-order valence-corrected chi connectivity index (χ4v) is 4.24. The number of thiophene rings is 1. The van der Waals surface area contributed by atoms with Crippen LogP contribution in [0.25, 0.3) is 10.1 Å². The average molecular weight is 260 g/mol.